The molecule has 1 saturated heterocycles. The van der Waals surface area contributed by atoms with Crippen LogP contribution in [0, 0.1) is 0 Å². The van der Waals surface area contributed by atoms with Gasteiger partial charge in [-0.25, -0.2) is 14.4 Å². The highest BCUT2D eigenvalue weighted by Gasteiger charge is 2.39. The van der Waals surface area contributed by atoms with Crippen molar-refractivity contribution in [2.45, 2.75) is 20.4 Å². The van der Waals surface area contributed by atoms with Crippen LogP contribution in [0.25, 0.3) is 0 Å². The van der Waals surface area contributed by atoms with Crippen molar-refractivity contribution >= 4 is 52.1 Å². The van der Waals surface area contributed by atoms with Gasteiger partial charge in [-0.05, 0) is 19.4 Å². The summed E-state index contributed by atoms with van der Waals surface area (Å²) in [6.07, 6.45) is 0.817. The molecule has 0 bridgehead atoms. The van der Waals surface area contributed by atoms with Gasteiger partial charge in [0.1, 0.15) is 4.32 Å². The Morgan fingerprint density at radius 3 is 2.29 bits per heavy atom. The Kier molecular flexibility index (Phi) is 8.95. The van der Waals surface area contributed by atoms with Gasteiger partial charge in [0.05, 0.1) is 42.9 Å². The number of thiocarbonyl (C=S) groups is 1. The Labute approximate surface area is 189 Å². The molecule has 8 nitrogen and oxygen atoms in total. The van der Waals surface area contributed by atoms with E-state index in [4.69, 9.17) is 26.4 Å². The molecule has 1 fully saturated rings. The Bertz CT molecular complexity index is 954. The lowest BCUT2D eigenvalue weighted by Crippen LogP contribution is -2.28. The Hall–Kier alpha value is -2.98. The van der Waals surface area contributed by atoms with E-state index in [1.807, 2.05) is 30.3 Å². The zero-order valence-corrected chi connectivity index (χ0v) is 18.8. The number of carbonyl (C=O) groups excluding carboxylic acids is 4. The Balaban J connectivity index is 2.57. The minimum absolute atomic E-state index is 0.0115. The first-order valence-electron chi connectivity index (χ1n) is 9.30. The van der Waals surface area contributed by atoms with Crippen LogP contribution in [0.1, 0.15) is 19.4 Å². The van der Waals surface area contributed by atoms with E-state index in [1.165, 1.54) is 4.90 Å². The second-order valence-corrected chi connectivity index (χ2v) is 7.62. The topological polar surface area (TPSA) is 99.2 Å². The average Bonchev–Trinajstić information content (AvgIpc) is 3.02. The molecule has 0 atom stereocenters. The Morgan fingerprint density at radius 1 is 1.06 bits per heavy atom. The lowest BCUT2D eigenvalue weighted by Gasteiger charge is -2.15. The lowest BCUT2D eigenvalue weighted by atomic mass is 10.0. The van der Waals surface area contributed by atoms with Gasteiger partial charge in [0, 0.05) is 6.08 Å². The van der Waals surface area contributed by atoms with Crippen LogP contribution in [0.4, 0.5) is 0 Å². The Morgan fingerprint density at radius 2 is 1.71 bits per heavy atom. The molecule has 10 heteroatoms. The predicted octanol–water partition coefficient (Wildman–Crippen LogP) is 2.53. The summed E-state index contributed by atoms with van der Waals surface area (Å²) in [7, 11) is 1.10. The van der Waals surface area contributed by atoms with Gasteiger partial charge in [-0.3, -0.25) is 9.69 Å². The van der Waals surface area contributed by atoms with Crippen molar-refractivity contribution in [3.8, 4) is 0 Å². The molecular weight excluding hydrogens is 442 g/mol. The van der Waals surface area contributed by atoms with Crippen LogP contribution in [-0.2, 0) is 39.9 Å². The fourth-order valence-corrected chi connectivity index (χ4v) is 3.95. The third kappa shape index (κ3) is 6.02. The molecule has 2 rings (SSSR count). The number of amides is 1. The van der Waals surface area contributed by atoms with Gasteiger partial charge in [0.25, 0.3) is 5.91 Å². The number of methoxy groups -OCH3 is 1. The summed E-state index contributed by atoms with van der Waals surface area (Å²) in [6, 6.07) is 9.14. The number of nitrogens with zero attached hydrogens (tertiary/aromatic N) is 1. The lowest BCUT2D eigenvalue weighted by molar-refractivity contribution is -0.142. The van der Waals surface area contributed by atoms with Crippen molar-refractivity contribution in [1.29, 1.82) is 0 Å². The fraction of sp³-hybridized carbons (Fsp3) is 0.286. The fourth-order valence-electron chi connectivity index (χ4n) is 2.62. The van der Waals surface area contributed by atoms with Crippen LogP contribution in [0.5, 0.6) is 0 Å². The van der Waals surface area contributed by atoms with Crippen molar-refractivity contribution in [3.05, 3.63) is 58.0 Å². The van der Waals surface area contributed by atoms with Gasteiger partial charge in [-0.1, -0.05) is 54.3 Å². The summed E-state index contributed by atoms with van der Waals surface area (Å²) in [4.78, 5) is 51.5. The average molecular weight is 464 g/mol. The van der Waals surface area contributed by atoms with Crippen molar-refractivity contribution in [3.63, 3.8) is 0 Å². The van der Waals surface area contributed by atoms with Crippen molar-refractivity contribution < 1.29 is 33.4 Å². The zero-order valence-electron chi connectivity index (χ0n) is 17.2. The molecule has 1 aliphatic heterocycles. The molecular formula is C21H21NO7S2. The summed E-state index contributed by atoms with van der Waals surface area (Å²) in [5.41, 5.74) is -0.0124. The smallest absolute Gasteiger partial charge is 0.340 e. The number of rotatable bonds is 8. The number of carbonyl (C=O) groups is 4. The van der Waals surface area contributed by atoms with E-state index in [0.29, 0.717) is 0 Å². The molecule has 1 heterocycles. The van der Waals surface area contributed by atoms with Crippen LogP contribution in [-0.4, -0.2) is 53.4 Å². The second-order valence-electron chi connectivity index (χ2n) is 5.97. The number of benzene rings is 1. The molecule has 0 unspecified atom stereocenters. The maximum Gasteiger partial charge on any atom is 0.340 e. The molecule has 1 aromatic rings. The molecule has 0 radical (unpaired) electrons. The molecule has 1 amide bonds. The first-order chi connectivity index (χ1) is 14.8. The number of hydrogen-bond acceptors (Lipinski definition) is 9. The molecule has 0 aliphatic carbocycles. The van der Waals surface area contributed by atoms with E-state index in [1.54, 1.807) is 13.8 Å². The highest BCUT2D eigenvalue weighted by molar-refractivity contribution is 8.26. The van der Waals surface area contributed by atoms with Crippen LogP contribution in [0.3, 0.4) is 0 Å². The predicted molar refractivity (Wildman–Crippen MR) is 118 cm³/mol. The summed E-state index contributed by atoms with van der Waals surface area (Å²) in [5.74, 6) is -3.40. The summed E-state index contributed by atoms with van der Waals surface area (Å²) in [6.45, 7) is 3.38. The van der Waals surface area contributed by atoms with Crippen LogP contribution >= 0.6 is 24.0 Å². The molecule has 0 saturated carbocycles. The molecule has 0 spiro atoms. The van der Waals surface area contributed by atoms with Gasteiger partial charge in [-0.2, -0.15) is 0 Å². The van der Waals surface area contributed by atoms with Gasteiger partial charge in [0.2, 0.25) is 0 Å². The van der Waals surface area contributed by atoms with E-state index in [0.717, 1.165) is 30.5 Å². The highest BCUT2D eigenvalue weighted by Crippen LogP contribution is 2.37. The highest BCUT2D eigenvalue weighted by atomic mass is 32.2. The molecule has 31 heavy (non-hydrogen) atoms. The van der Waals surface area contributed by atoms with E-state index in [-0.39, 0.29) is 29.0 Å². The number of esters is 3. The van der Waals surface area contributed by atoms with Crippen molar-refractivity contribution in [1.82, 2.24) is 4.90 Å². The van der Waals surface area contributed by atoms with Crippen LogP contribution in [0.15, 0.2) is 52.5 Å². The minimum atomic E-state index is -0.983. The minimum Gasteiger partial charge on any atom is -0.465 e. The second kappa shape index (κ2) is 11.4. The summed E-state index contributed by atoms with van der Waals surface area (Å²) < 4.78 is 14.8. The van der Waals surface area contributed by atoms with Crippen molar-refractivity contribution in [2.75, 3.05) is 20.3 Å². The number of hydrogen-bond donors (Lipinski definition) is 0. The maximum atomic E-state index is 13.1. The monoisotopic (exact) mass is 463 g/mol. The first-order valence-corrected chi connectivity index (χ1v) is 10.5. The zero-order chi connectivity index (χ0) is 23.0. The third-order valence-electron chi connectivity index (χ3n) is 3.96. The third-order valence-corrected chi connectivity index (χ3v) is 5.41. The molecule has 164 valence electrons. The van der Waals surface area contributed by atoms with E-state index >= 15 is 0 Å². The van der Waals surface area contributed by atoms with Gasteiger partial charge in [0.15, 0.2) is 0 Å². The normalized spacial score (nSPS) is 15.6. The van der Waals surface area contributed by atoms with Crippen LogP contribution in [0.2, 0.25) is 0 Å². The SMILES string of the molecule is CCOC(=O)C=C(C(=O)OCC)C(C(=O)OC)=C1SC(=S)N(Cc2ccccc2)C1=O. The summed E-state index contributed by atoms with van der Waals surface area (Å²) >= 11 is 6.17. The molecule has 1 aromatic carbocycles. The van der Waals surface area contributed by atoms with Gasteiger partial charge >= 0.3 is 17.9 Å². The maximum absolute atomic E-state index is 13.1. The van der Waals surface area contributed by atoms with Gasteiger partial charge in [-0.15, -0.1) is 0 Å². The summed E-state index contributed by atoms with van der Waals surface area (Å²) in [5, 5.41) is 0. The van der Waals surface area contributed by atoms with Gasteiger partial charge < -0.3 is 14.2 Å². The number of ether oxygens (including phenoxy) is 3. The van der Waals surface area contributed by atoms with Crippen molar-refractivity contribution in [2.24, 2.45) is 0 Å². The van der Waals surface area contributed by atoms with E-state index < -0.39 is 35.0 Å². The largest absolute Gasteiger partial charge is 0.465 e. The quantitative estimate of drug-likeness (QED) is 0.249. The standard InChI is InChI=1S/C21H21NO7S2/c1-4-28-15(23)11-14(19(25)29-5-2)16(20(26)27-3)17-18(24)22(21(30)31-17)12-13-9-7-6-8-10-13/h6-11H,4-5,12H2,1-3H3. The molecule has 1 aliphatic rings. The van der Waals surface area contributed by atoms with E-state index in [9.17, 15) is 19.2 Å². The van der Waals surface area contributed by atoms with E-state index in [2.05, 4.69) is 0 Å². The van der Waals surface area contributed by atoms with Crippen LogP contribution < -0.4 is 0 Å². The first kappa shape index (κ1) is 24.3. The molecule has 0 aromatic heterocycles. The molecule has 0 N–H and O–H groups in total. The number of thioether (sulfide) groups is 1.